The zero-order valence-corrected chi connectivity index (χ0v) is 21.9. The molecule has 5 rings (SSSR count). The number of hydrogen-bond donors (Lipinski definition) is 1. The molecule has 180 valence electrons. The highest BCUT2D eigenvalue weighted by molar-refractivity contribution is 6.74. The van der Waals surface area contributed by atoms with Crippen LogP contribution in [0.5, 0.6) is 0 Å². The fraction of sp³-hybridized carbons (Fsp3) is 0.519. The Labute approximate surface area is 203 Å². The Morgan fingerprint density at radius 2 is 1.91 bits per heavy atom. The van der Waals surface area contributed by atoms with Crippen LogP contribution in [0, 0.1) is 5.92 Å². The van der Waals surface area contributed by atoms with E-state index in [0.29, 0.717) is 0 Å². The SMILES string of the molecule is CC(C)(C)[Si](C)(C)OC1[C@H](C=O)CC[C@H]1n1ccc2c(N[C@H]3CCc4ccccc43)ncnc21. The summed E-state index contributed by atoms with van der Waals surface area (Å²) < 4.78 is 9.09. The Morgan fingerprint density at radius 1 is 1.12 bits per heavy atom. The summed E-state index contributed by atoms with van der Waals surface area (Å²) in [7, 11) is -2.04. The summed E-state index contributed by atoms with van der Waals surface area (Å²) in [6.07, 6.45) is 8.65. The van der Waals surface area contributed by atoms with Crippen LogP contribution in [0.2, 0.25) is 18.1 Å². The molecule has 3 aromatic rings. The fourth-order valence-corrected chi connectivity index (χ4v) is 6.69. The zero-order chi connectivity index (χ0) is 24.1. The average molecular weight is 477 g/mol. The number of carbonyl (C=O) groups excluding carboxylic acids is 1. The van der Waals surface area contributed by atoms with Gasteiger partial charge >= 0.3 is 0 Å². The van der Waals surface area contributed by atoms with Crippen LogP contribution in [0.3, 0.4) is 0 Å². The van der Waals surface area contributed by atoms with Crippen molar-refractivity contribution in [3.63, 3.8) is 0 Å². The van der Waals surface area contributed by atoms with Gasteiger partial charge in [0.1, 0.15) is 24.1 Å². The Balaban J connectivity index is 1.46. The normalized spacial score (nSPS) is 25.0. The Morgan fingerprint density at radius 3 is 2.68 bits per heavy atom. The minimum absolute atomic E-state index is 0.0778. The number of rotatable bonds is 6. The molecule has 4 atom stereocenters. The molecule has 1 fully saturated rings. The lowest BCUT2D eigenvalue weighted by molar-refractivity contribution is -0.113. The number of aryl methyl sites for hydroxylation is 1. The number of nitrogens with one attached hydrogen (secondary N) is 1. The van der Waals surface area contributed by atoms with Gasteiger partial charge in [-0.25, -0.2) is 9.97 Å². The zero-order valence-electron chi connectivity index (χ0n) is 20.9. The number of aromatic nitrogens is 3. The van der Waals surface area contributed by atoms with E-state index in [1.807, 2.05) is 0 Å². The van der Waals surface area contributed by atoms with E-state index in [0.717, 1.165) is 48.8 Å². The monoisotopic (exact) mass is 476 g/mol. The highest BCUT2D eigenvalue weighted by atomic mass is 28.4. The standard InChI is InChI=1S/C27H36N4O2Si/c1-27(2,3)34(4,5)33-24-19(16-32)11-13-23(24)31-15-14-21-25(28-17-29-26(21)31)30-22-12-10-18-8-6-7-9-20(18)22/h6-9,14-17,19,22-24H,10-13H2,1-5H3,(H,28,29,30)/t19-,22-,23+,24?/m0/s1. The third-order valence-electron chi connectivity index (χ3n) is 8.32. The molecule has 1 unspecified atom stereocenters. The first kappa shape index (κ1) is 23.2. The van der Waals surface area contributed by atoms with Crippen LogP contribution in [0.4, 0.5) is 5.82 Å². The second-order valence-corrected chi connectivity index (χ2v) is 16.2. The van der Waals surface area contributed by atoms with E-state index in [9.17, 15) is 4.79 Å². The van der Waals surface area contributed by atoms with E-state index in [4.69, 9.17) is 4.43 Å². The smallest absolute Gasteiger partial charge is 0.192 e. The summed E-state index contributed by atoms with van der Waals surface area (Å²) in [4.78, 5) is 21.3. The van der Waals surface area contributed by atoms with Crippen LogP contribution in [0.1, 0.15) is 63.2 Å². The van der Waals surface area contributed by atoms with E-state index in [1.54, 1.807) is 6.33 Å². The van der Waals surface area contributed by atoms with Gasteiger partial charge in [0.25, 0.3) is 0 Å². The minimum Gasteiger partial charge on any atom is -0.411 e. The lowest BCUT2D eigenvalue weighted by Crippen LogP contribution is -2.46. The van der Waals surface area contributed by atoms with Crippen molar-refractivity contribution in [2.45, 2.75) is 82.8 Å². The summed E-state index contributed by atoms with van der Waals surface area (Å²) >= 11 is 0. The number of nitrogens with zero attached hydrogens (tertiary/aromatic N) is 3. The van der Waals surface area contributed by atoms with Crippen LogP contribution in [-0.4, -0.2) is 35.2 Å². The molecule has 1 aromatic carbocycles. The van der Waals surface area contributed by atoms with Crippen molar-refractivity contribution in [3.8, 4) is 0 Å². The van der Waals surface area contributed by atoms with Gasteiger partial charge in [-0.05, 0) is 61.0 Å². The molecule has 6 nitrogen and oxygen atoms in total. The summed E-state index contributed by atoms with van der Waals surface area (Å²) in [6, 6.07) is 11.1. The Bertz CT molecular complexity index is 1200. The van der Waals surface area contributed by atoms with Gasteiger partial charge in [0.15, 0.2) is 8.32 Å². The van der Waals surface area contributed by atoms with E-state index in [1.165, 1.54) is 11.1 Å². The molecule has 1 N–H and O–H groups in total. The highest BCUT2D eigenvalue weighted by Gasteiger charge is 2.46. The van der Waals surface area contributed by atoms with Crippen molar-refractivity contribution in [3.05, 3.63) is 54.0 Å². The number of anilines is 1. The molecule has 0 radical (unpaired) electrons. The van der Waals surface area contributed by atoms with Gasteiger partial charge in [-0.2, -0.15) is 0 Å². The molecule has 0 spiro atoms. The molecule has 0 saturated heterocycles. The number of carbonyl (C=O) groups is 1. The van der Waals surface area contributed by atoms with Crippen LogP contribution in [-0.2, 0) is 15.6 Å². The van der Waals surface area contributed by atoms with Crippen molar-refractivity contribution in [2.75, 3.05) is 5.32 Å². The molecule has 34 heavy (non-hydrogen) atoms. The third kappa shape index (κ3) is 3.99. The van der Waals surface area contributed by atoms with E-state index in [-0.39, 0.29) is 29.1 Å². The van der Waals surface area contributed by atoms with E-state index >= 15 is 0 Å². The predicted octanol–water partition coefficient (Wildman–Crippen LogP) is 6.07. The van der Waals surface area contributed by atoms with Crippen LogP contribution in [0.15, 0.2) is 42.9 Å². The van der Waals surface area contributed by atoms with Crippen LogP contribution >= 0.6 is 0 Å². The first-order chi connectivity index (χ1) is 16.2. The van der Waals surface area contributed by atoms with Crippen LogP contribution in [0.25, 0.3) is 11.0 Å². The predicted molar refractivity (Wildman–Crippen MR) is 139 cm³/mol. The van der Waals surface area contributed by atoms with Crippen molar-refractivity contribution in [2.24, 2.45) is 5.92 Å². The number of hydrogen-bond acceptors (Lipinski definition) is 5. The maximum atomic E-state index is 12.0. The van der Waals surface area contributed by atoms with Crippen molar-refractivity contribution in [1.82, 2.24) is 14.5 Å². The number of benzene rings is 1. The molecule has 1 saturated carbocycles. The second kappa shape index (κ2) is 8.61. The van der Waals surface area contributed by atoms with Gasteiger partial charge in [-0.15, -0.1) is 0 Å². The van der Waals surface area contributed by atoms with Crippen molar-refractivity contribution in [1.29, 1.82) is 0 Å². The Kier molecular flexibility index (Phi) is 5.88. The van der Waals surface area contributed by atoms with Gasteiger partial charge in [-0.3, -0.25) is 0 Å². The molecular formula is C27H36N4O2Si. The summed E-state index contributed by atoms with van der Waals surface area (Å²) in [5.41, 5.74) is 3.68. The maximum Gasteiger partial charge on any atom is 0.192 e. The molecular weight excluding hydrogens is 440 g/mol. The van der Waals surface area contributed by atoms with Crippen LogP contribution < -0.4 is 5.32 Å². The summed E-state index contributed by atoms with van der Waals surface area (Å²) in [5.74, 6) is 0.795. The summed E-state index contributed by atoms with van der Waals surface area (Å²) in [6.45, 7) is 11.3. The lowest BCUT2D eigenvalue weighted by atomic mass is 10.1. The number of aldehydes is 1. The van der Waals surface area contributed by atoms with Gasteiger partial charge in [0, 0.05) is 12.1 Å². The van der Waals surface area contributed by atoms with Gasteiger partial charge in [0.05, 0.1) is 23.6 Å². The fourth-order valence-electron chi connectivity index (χ4n) is 5.33. The van der Waals surface area contributed by atoms with Gasteiger partial charge in [0.2, 0.25) is 0 Å². The quantitative estimate of drug-likeness (QED) is 0.345. The molecule has 2 aromatic heterocycles. The topological polar surface area (TPSA) is 69.0 Å². The Hall–Kier alpha value is -2.51. The average Bonchev–Trinajstić information content (AvgIpc) is 3.50. The molecule has 2 aliphatic rings. The molecule has 0 bridgehead atoms. The molecule has 7 heteroatoms. The number of fused-ring (bicyclic) bond motifs is 2. The first-order valence-corrected chi connectivity index (χ1v) is 15.4. The summed E-state index contributed by atoms with van der Waals surface area (Å²) in [5, 5.41) is 4.80. The van der Waals surface area contributed by atoms with Gasteiger partial charge < -0.3 is 19.1 Å². The molecule has 0 amide bonds. The third-order valence-corrected chi connectivity index (χ3v) is 12.8. The molecule has 2 aliphatic carbocycles. The molecule has 0 aliphatic heterocycles. The lowest BCUT2D eigenvalue weighted by Gasteiger charge is -2.41. The van der Waals surface area contributed by atoms with Crippen molar-refractivity contribution < 1.29 is 9.22 Å². The van der Waals surface area contributed by atoms with E-state index in [2.05, 4.69) is 90.2 Å². The highest BCUT2D eigenvalue weighted by Crippen LogP contribution is 2.45. The first-order valence-electron chi connectivity index (χ1n) is 12.5. The second-order valence-electron chi connectivity index (χ2n) is 11.4. The van der Waals surface area contributed by atoms with E-state index < -0.39 is 8.32 Å². The van der Waals surface area contributed by atoms with Crippen molar-refractivity contribution >= 4 is 31.5 Å². The molecule has 2 heterocycles. The van der Waals surface area contributed by atoms with Gasteiger partial charge in [-0.1, -0.05) is 45.0 Å². The maximum absolute atomic E-state index is 12.0. The minimum atomic E-state index is -2.04. The largest absolute Gasteiger partial charge is 0.411 e.